The van der Waals surface area contributed by atoms with Crippen molar-refractivity contribution in [2.24, 2.45) is 4.99 Å². The molecule has 0 saturated heterocycles. The number of aliphatic imine (C=N–C) groups is 1. The maximum atomic E-state index is 13.7. The van der Waals surface area contributed by atoms with E-state index in [0.717, 1.165) is 28.4 Å². The molecule has 2 N–H and O–H groups in total. The first-order valence-corrected chi connectivity index (χ1v) is 9.63. The second-order valence-corrected chi connectivity index (χ2v) is 7.30. The summed E-state index contributed by atoms with van der Waals surface area (Å²) in [7, 11) is 0. The largest absolute Gasteiger partial charge is 0.357 e. The molecule has 0 aliphatic carbocycles. The number of nitrogens with one attached hydrogen (secondary N) is 2. The Balaban J connectivity index is 0.00000312. The molecule has 0 aliphatic heterocycles. The van der Waals surface area contributed by atoms with Gasteiger partial charge in [0.2, 0.25) is 0 Å². The van der Waals surface area contributed by atoms with Crippen molar-refractivity contribution >= 4 is 57.2 Å². The third kappa shape index (κ3) is 7.57. The van der Waals surface area contributed by atoms with Gasteiger partial charge in [-0.1, -0.05) is 22.9 Å². The second-order valence-electron chi connectivity index (χ2n) is 5.18. The van der Waals surface area contributed by atoms with Gasteiger partial charge in [0, 0.05) is 28.6 Å². The van der Waals surface area contributed by atoms with Crippen LogP contribution in [0.15, 0.2) is 33.9 Å². The van der Waals surface area contributed by atoms with E-state index in [0.29, 0.717) is 25.1 Å². The number of aryl methyl sites for hydroxylation is 1. The van der Waals surface area contributed by atoms with Gasteiger partial charge in [-0.3, -0.25) is 0 Å². The predicted octanol–water partition coefficient (Wildman–Crippen LogP) is 4.52. The normalized spacial score (nSPS) is 11.1. The van der Waals surface area contributed by atoms with Crippen LogP contribution in [0.1, 0.15) is 29.3 Å². The highest BCUT2D eigenvalue weighted by Crippen LogP contribution is 2.16. The summed E-state index contributed by atoms with van der Waals surface area (Å²) in [5.41, 5.74) is 0.681. The van der Waals surface area contributed by atoms with Gasteiger partial charge in [-0.05, 0) is 43.5 Å². The highest BCUT2D eigenvalue weighted by molar-refractivity contribution is 14.0. The Morgan fingerprint density at radius 2 is 2.12 bits per heavy atom. The van der Waals surface area contributed by atoms with Crippen LogP contribution in [0.3, 0.4) is 0 Å². The zero-order valence-corrected chi connectivity index (χ0v) is 19.0. The molecule has 0 fully saturated rings. The summed E-state index contributed by atoms with van der Waals surface area (Å²) in [6.07, 6.45) is 3.50. The minimum absolute atomic E-state index is 0. The number of hydrogen-bond donors (Lipinski definition) is 2. The number of nitrogens with zero attached hydrogens (tertiary/aromatic N) is 2. The molecule has 0 saturated carbocycles. The Morgan fingerprint density at radius 3 is 2.80 bits per heavy atom. The summed E-state index contributed by atoms with van der Waals surface area (Å²) in [4.78, 5) is 10.2. The van der Waals surface area contributed by atoms with Crippen molar-refractivity contribution in [1.29, 1.82) is 0 Å². The lowest BCUT2D eigenvalue weighted by atomic mass is 10.1. The summed E-state index contributed by atoms with van der Waals surface area (Å²) < 4.78 is 14.6. The van der Waals surface area contributed by atoms with Gasteiger partial charge in [-0.2, -0.15) is 0 Å². The van der Waals surface area contributed by atoms with Crippen LogP contribution < -0.4 is 10.6 Å². The number of halogens is 3. The molecule has 1 aromatic heterocycles. The third-order valence-corrected chi connectivity index (χ3v) is 4.98. The van der Waals surface area contributed by atoms with E-state index >= 15 is 0 Å². The number of guanidine groups is 1. The van der Waals surface area contributed by atoms with Gasteiger partial charge in [0.05, 0.1) is 6.54 Å². The molecule has 0 aliphatic rings. The molecule has 138 valence electrons. The average molecular weight is 541 g/mol. The number of aromatic nitrogens is 1. The Bertz CT molecular complexity index is 693. The number of thiazole rings is 1. The van der Waals surface area contributed by atoms with Crippen molar-refractivity contribution in [2.45, 2.75) is 33.2 Å². The van der Waals surface area contributed by atoms with Crippen LogP contribution in [0, 0.1) is 5.82 Å². The van der Waals surface area contributed by atoms with Crippen molar-refractivity contribution in [3.05, 3.63) is 50.1 Å². The maximum Gasteiger partial charge on any atom is 0.191 e. The molecular weight excluding hydrogens is 518 g/mol. The summed E-state index contributed by atoms with van der Waals surface area (Å²) in [5, 5.41) is 7.44. The highest BCUT2D eigenvalue weighted by atomic mass is 127. The zero-order chi connectivity index (χ0) is 17.4. The lowest BCUT2D eigenvalue weighted by Gasteiger charge is -2.11. The molecule has 2 rings (SSSR count). The Labute approximate surface area is 177 Å². The second kappa shape index (κ2) is 11.8. The summed E-state index contributed by atoms with van der Waals surface area (Å²) in [6, 6.07) is 4.99. The highest BCUT2D eigenvalue weighted by Gasteiger charge is 2.05. The van der Waals surface area contributed by atoms with Gasteiger partial charge in [0.25, 0.3) is 0 Å². The van der Waals surface area contributed by atoms with E-state index < -0.39 is 0 Å². The fourth-order valence-corrected chi connectivity index (χ4v) is 3.32. The van der Waals surface area contributed by atoms with Gasteiger partial charge >= 0.3 is 0 Å². The van der Waals surface area contributed by atoms with Gasteiger partial charge in [0.1, 0.15) is 10.8 Å². The van der Waals surface area contributed by atoms with E-state index in [-0.39, 0.29) is 29.8 Å². The predicted molar refractivity (Wildman–Crippen MR) is 118 cm³/mol. The fourth-order valence-electron chi connectivity index (χ4n) is 2.12. The minimum Gasteiger partial charge on any atom is -0.357 e. The van der Waals surface area contributed by atoms with Gasteiger partial charge in [-0.15, -0.1) is 35.3 Å². The number of hydrogen-bond acceptors (Lipinski definition) is 3. The molecule has 25 heavy (non-hydrogen) atoms. The van der Waals surface area contributed by atoms with Crippen LogP contribution in [-0.4, -0.2) is 24.0 Å². The van der Waals surface area contributed by atoms with Crippen molar-refractivity contribution < 1.29 is 4.39 Å². The summed E-state index contributed by atoms with van der Waals surface area (Å²) >= 11 is 5.06. The monoisotopic (exact) mass is 540 g/mol. The zero-order valence-electron chi connectivity index (χ0n) is 14.3. The maximum absolute atomic E-state index is 13.7. The van der Waals surface area contributed by atoms with Crippen molar-refractivity contribution in [3.8, 4) is 0 Å². The molecule has 1 aromatic carbocycles. The van der Waals surface area contributed by atoms with E-state index in [1.165, 1.54) is 10.9 Å². The molecule has 0 bridgehead atoms. The van der Waals surface area contributed by atoms with E-state index in [1.54, 1.807) is 17.4 Å². The first-order valence-electron chi connectivity index (χ1n) is 8.02. The Hall–Kier alpha value is -0.740. The third-order valence-electron chi connectivity index (χ3n) is 3.36. The Kier molecular flexibility index (Phi) is 10.5. The van der Waals surface area contributed by atoms with Crippen LogP contribution >= 0.6 is 51.2 Å². The van der Waals surface area contributed by atoms with Crippen molar-refractivity contribution in [1.82, 2.24) is 15.6 Å². The Morgan fingerprint density at radius 1 is 1.32 bits per heavy atom. The molecule has 1 heterocycles. The SMILES string of the molecule is CCNC(=NCc1ncc(CC)s1)NCCc1cc(Br)ccc1F.I. The lowest BCUT2D eigenvalue weighted by Crippen LogP contribution is -2.38. The quantitative estimate of drug-likeness (QED) is 0.308. The average Bonchev–Trinajstić information content (AvgIpc) is 3.04. The molecule has 0 spiro atoms. The summed E-state index contributed by atoms with van der Waals surface area (Å²) in [5.74, 6) is 0.540. The molecule has 2 aromatic rings. The van der Waals surface area contributed by atoms with E-state index in [4.69, 9.17) is 0 Å². The molecule has 0 unspecified atom stereocenters. The van der Waals surface area contributed by atoms with Crippen LogP contribution in [-0.2, 0) is 19.4 Å². The topological polar surface area (TPSA) is 49.3 Å². The van der Waals surface area contributed by atoms with Gasteiger partial charge < -0.3 is 10.6 Å². The minimum atomic E-state index is -0.183. The van der Waals surface area contributed by atoms with Crippen LogP contribution in [0.25, 0.3) is 0 Å². The van der Waals surface area contributed by atoms with E-state index in [2.05, 4.69) is 43.5 Å². The molecule has 0 radical (unpaired) electrons. The molecular formula is C17H23BrFIN4S. The standard InChI is InChI=1S/C17H22BrFN4S.HI/c1-3-14-10-22-16(24-14)11-23-17(20-4-2)21-8-7-12-9-13(18)5-6-15(12)19;/h5-6,9-10H,3-4,7-8,11H2,1-2H3,(H2,20,21,23);1H. The van der Waals surface area contributed by atoms with Crippen LogP contribution in [0.5, 0.6) is 0 Å². The van der Waals surface area contributed by atoms with Crippen LogP contribution in [0.2, 0.25) is 0 Å². The van der Waals surface area contributed by atoms with E-state index in [1.807, 2.05) is 19.2 Å². The van der Waals surface area contributed by atoms with E-state index in [9.17, 15) is 4.39 Å². The van der Waals surface area contributed by atoms with Gasteiger partial charge in [0.15, 0.2) is 5.96 Å². The smallest absolute Gasteiger partial charge is 0.191 e. The first kappa shape index (κ1) is 22.3. The van der Waals surface area contributed by atoms with Crippen molar-refractivity contribution in [2.75, 3.05) is 13.1 Å². The molecule has 0 atom stereocenters. The lowest BCUT2D eigenvalue weighted by molar-refractivity contribution is 0.606. The fraction of sp³-hybridized carbons (Fsp3) is 0.412. The number of benzene rings is 1. The van der Waals surface area contributed by atoms with Crippen molar-refractivity contribution in [3.63, 3.8) is 0 Å². The molecule has 4 nitrogen and oxygen atoms in total. The summed E-state index contributed by atoms with van der Waals surface area (Å²) in [6.45, 7) is 6.06. The first-order chi connectivity index (χ1) is 11.6. The van der Waals surface area contributed by atoms with Gasteiger partial charge in [-0.25, -0.2) is 14.4 Å². The number of rotatable bonds is 7. The molecule has 8 heteroatoms. The molecule has 0 amide bonds. The van der Waals surface area contributed by atoms with Crippen LogP contribution in [0.4, 0.5) is 4.39 Å².